The quantitative estimate of drug-likeness (QED) is 0.293. The molecule has 3 aromatic rings. The van der Waals surface area contributed by atoms with Crippen LogP contribution in [0, 0.1) is 0 Å². The minimum Gasteiger partial charge on any atom is -0.134 e. The molecule has 2 heteroatoms. The van der Waals surface area contributed by atoms with E-state index < -0.39 is 8.07 Å². The Hall–Kier alpha value is -2.03. The van der Waals surface area contributed by atoms with Crippen LogP contribution in [0.2, 0.25) is 0 Å². The van der Waals surface area contributed by atoms with Crippen LogP contribution in [-0.4, -0.2) is 13.8 Å². The summed E-state index contributed by atoms with van der Waals surface area (Å²) in [7, 11) is -2.28. The molecule has 0 unspecified atom stereocenters. The highest BCUT2D eigenvalue weighted by molar-refractivity contribution is 8.05. The third-order valence-corrected chi connectivity index (χ3v) is 12.0. The summed E-state index contributed by atoms with van der Waals surface area (Å²) in [6.45, 7) is 4.48. The number of hydrogen-bond acceptors (Lipinski definition) is 1. The van der Waals surface area contributed by atoms with Gasteiger partial charge in [0.2, 0.25) is 0 Å². The average Bonchev–Trinajstić information content (AvgIpc) is 2.75. The fraction of sp³-hybridized carbons (Fsp3) is 0.200. The van der Waals surface area contributed by atoms with Crippen LogP contribution in [0.4, 0.5) is 0 Å². The molecule has 0 bridgehead atoms. The van der Waals surface area contributed by atoms with Crippen molar-refractivity contribution < 1.29 is 0 Å². The Balaban J connectivity index is 2.29. The van der Waals surface area contributed by atoms with Gasteiger partial charge in [0.05, 0.1) is 0 Å². The van der Waals surface area contributed by atoms with Gasteiger partial charge in [-0.15, -0.1) is 11.8 Å². The molecule has 3 rings (SSSR count). The monoisotopic (exact) mass is 388 g/mol. The highest BCUT2D eigenvalue weighted by Gasteiger charge is 2.42. The lowest BCUT2D eigenvalue weighted by Gasteiger charge is -2.36. The lowest BCUT2D eigenvalue weighted by atomic mass is 10.3. The molecule has 0 aliphatic rings. The molecule has 0 nitrogen and oxygen atoms in total. The molecule has 0 aliphatic heterocycles. The Morgan fingerprint density at radius 2 is 1.15 bits per heavy atom. The molecule has 27 heavy (non-hydrogen) atoms. The second kappa shape index (κ2) is 9.77. The van der Waals surface area contributed by atoms with E-state index in [0.717, 1.165) is 0 Å². The molecule has 0 spiro atoms. The van der Waals surface area contributed by atoms with Crippen molar-refractivity contribution in [2.24, 2.45) is 0 Å². The zero-order valence-electron chi connectivity index (χ0n) is 16.3. The molecular formula is C25H28SSi. The van der Waals surface area contributed by atoms with Crippen LogP contribution in [-0.2, 0) is 0 Å². The lowest BCUT2D eigenvalue weighted by molar-refractivity contribution is 0.897. The molecule has 0 aliphatic carbocycles. The average molecular weight is 389 g/mol. The second-order valence-electron chi connectivity index (χ2n) is 6.70. The van der Waals surface area contributed by atoms with Crippen LogP contribution >= 0.6 is 11.8 Å². The molecule has 0 N–H and O–H groups in total. The van der Waals surface area contributed by atoms with E-state index in [1.807, 2.05) is 0 Å². The van der Waals surface area contributed by atoms with Gasteiger partial charge in [-0.25, -0.2) is 0 Å². The number of unbranched alkanes of at least 4 members (excludes halogenated alkanes) is 1. The van der Waals surface area contributed by atoms with Crippen molar-refractivity contribution in [1.82, 2.24) is 0 Å². The number of rotatable bonds is 8. The van der Waals surface area contributed by atoms with E-state index in [9.17, 15) is 0 Å². The normalized spacial score (nSPS) is 12.1. The lowest BCUT2D eigenvalue weighted by Crippen LogP contribution is -2.68. The maximum atomic E-state index is 2.37. The van der Waals surface area contributed by atoms with E-state index in [4.69, 9.17) is 0 Å². The molecule has 3 aromatic carbocycles. The van der Waals surface area contributed by atoms with Crippen molar-refractivity contribution in [3.05, 3.63) is 102 Å². The van der Waals surface area contributed by atoms with E-state index in [1.165, 1.54) is 34.2 Å². The molecule has 0 amide bonds. The van der Waals surface area contributed by atoms with Gasteiger partial charge >= 0.3 is 0 Å². The van der Waals surface area contributed by atoms with Gasteiger partial charge in [-0.05, 0) is 39.2 Å². The van der Waals surface area contributed by atoms with Crippen LogP contribution in [0.3, 0.4) is 0 Å². The van der Waals surface area contributed by atoms with Gasteiger partial charge in [-0.2, -0.15) is 0 Å². The van der Waals surface area contributed by atoms with Crippen molar-refractivity contribution in [3.8, 4) is 0 Å². The first-order chi connectivity index (χ1) is 13.3. The highest BCUT2D eigenvalue weighted by atomic mass is 32.2. The number of benzene rings is 3. The Kier molecular flexibility index (Phi) is 7.14. The zero-order chi connectivity index (χ0) is 19.0. The molecule has 0 atom stereocenters. The first-order valence-electron chi connectivity index (χ1n) is 9.80. The fourth-order valence-corrected chi connectivity index (χ4v) is 11.1. The van der Waals surface area contributed by atoms with Crippen molar-refractivity contribution in [2.45, 2.75) is 26.7 Å². The van der Waals surface area contributed by atoms with E-state index in [2.05, 4.69) is 123 Å². The van der Waals surface area contributed by atoms with Crippen LogP contribution in [0.15, 0.2) is 102 Å². The topological polar surface area (TPSA) is 0 Å². The molecule has 0 heterocycles. The van der Waals surface area contributed by atoms with Crippen LogP contribution in [0.1, 0.15) is 26.7 Å². The summed E-state index contributed by atoms with van der Waals surface area (Å²) in [5.41, 5.74) is 0. The van der Waals surface area contributed by atoms with Crippen LogP contribution < -0.4 is 15.6 Å². The van der Waals surface area contributed by atoms with Crippen LogP contribution in [0.25, 0.3) is 0 Å². The summed E-state index contributed by atoms with van der Waals surface area (Å²) in [6.07, 6.45) is 4.87. The minimum atomic E-state index is -2.28. The van der Waals surface area contributed by atoms with Gasteiger partial charge in [0, 0.05) is 0 Å². The summed E-state index contributed by atoms with van der Waals surface area (Å²) in [4.78, 5) is 0. The van der Waals surface area contributed by atoms with Crippen molar-refractivity contribution in [3.63, 3.8) is 0 Å². The van der Waals surface area contributed by atoms with Crippen molar-refractivity contribution in [1.29, 1.82) is 0 Å². The molecule has 138 valence electrons. The molecule has 0 radical (unpaired) electrons. The molecule has 0 saturated carbocycles. The summed E-state index contributed by atoms with van der Waals surface area (Å²) in [5, 5.41) is 4.37. The van der Waals surface area contributed by atoms with E-state index in [0.29, 0.717) is 0 Å². The van der Waals surface area contributed by atoms with E-state index in [-0.39, 0.29) is 0 Å². The number of allylic oxidation sites excluding steroid dienone is 1. The Morgan fingerprint density at radius 1 is 0.741 bits per heavy atom. The van der Waals surface area contributed by atoms with E-state index >= 15 is 0 Å². The molecule has 0 saturated heterocycles. The Labute approximate surface area is 169 Å². The minimum absolute atomic E-state index is 1.18. The molecular weight excluding hydrogens is 360 g/mol. The van der Waals surface area contributed by atoms with Crippen molar-refractivity contribution in [2.75, 3.05) is 5.75 Å². The largest absolute Gasteiger partial charge is 0.186 e. The summed E-state index contributed by atoms with van der Waals surface area (Å²) in [6, 6.07) is 33.5. The van der Waals surface area contributed by atoms with Crippen molar-refractivity contribution >= 4 is 35.4 Å². The highest BCUT2D eigenvalue weighted by Crippen LogP contribution is 2.28. The predicted octanol–water partition coefficient (Wildman–Crippen LogP) is 5.13. The Bertz CT molecular complexity index is 745. The molecule has 0 fully saturated rings. The van der Waals surface area contributed by atoms with E-state index in [1.54, 1.807) is 4.53 Å². The third-order valence-electron chi connectivity index (χ3n) is 5.01. The van der Waals surface area contributed by atoms with Gasteiger partial charge in [0.1, 0.15) is 0 Å². The second-order valence-corrected chi connectivity index (χ2v) is 12.0. The summed E-state index contributed by atoms with van der Waals surface area (Å²) < 4.78 is 1.54. The van der Waals surface area contributed by atoms with Gasteiger partial charge in [0.15, 0.2) is 8.07 Å². The number of thioether (sulfide) groups is 1. The summed E-state index contributed by atoms with van der Waals surface area (Å²) >= 11 is 2.06. The first kappa shape index (κ1) is 19.7. The van der Waals surface area contributed by atoms with Crippen LogP contribution in [0.5, 0.6) is 0 Å². The SMILES string of the molecule is C/C=C(\SCCCC)[Si](c1ccccc1)(c1ccccc1)c1ccccc1. The third kappa shape index (κ3) is 4.12. The predicted molar refractivity (Wildman–Crippen MR) is 125 cm³/mol. The van der Waals surface area contributed by atoms with Gasteiger partial charge in [-0.3, -0.25) is 0 Å². The standard InChI is InChI=1S/C25H28SSi/c1-3-5-21-26-25(4-2)27(22-15-9-6-10-16-22,23-17-11-7-12-18-23)24-19-13-8-14-20-24/h4,6-20H,3,5,21H2,1-2H3/b25-4+. The maximum Gasteiger partial charge on any atom is 0.186 e. The summed E-state index contributed by atoms with van der Waals surface area (Å²) in [5.74, 6) is 1.18. The zero-order valence-corrected chi connectivity index (χ0v) is 18.1. The smallest absolute Gasteiger partial charge is 0.134 e. The first-order valence-corrected chi connectivity index (χ1v) is 12.8. The molecule has 0 aromatic heterocycles. The fourth-order valence-electron chi connectivity index (χ4n) is 3.73. The number of hydrogen-bond donors (Lipinski definition) is 0. The van der Waals surface area contributed by atoms with Gasteiger partial charge in [-0.1, -0.05) is 110 Å². The van der Waals surface area contributed by atoms with Gasteiger partial charge in [0.25, 0.3) is 0 Å². The van der Waals surface area contributed by atoms with Gasteiger partial charge < -0.3 is 0 Å². The Morgan fingerprint density at radius 3 is 1.48 bits per heavy atom. The maximum absolute atomic E-state index is 2.37.